The summed E-state index contributed by atoms with van der Waals surface area (Å²) in [5.74, 6) is -0.0831. The highest BCUT2D eigenvalue weighted by molar-refractivity contribution is 5.96. The van der Waals surface area contributed by atoms with Gasteiger partial charge in [-0.15, -0.1) is 0 Å². The maximum absolute atomic E-state index is 13.1. The highest BCUT2D eigenvalue weighted by atomic mass is 16.6. The minimum absolute atomic E-state index is 0.0321. The van der Waals surface area contributed by atoms with E-state index >= 15 is 0 Å². The standard InChI is InChI=1S/C20H20N4O5/c1-13-14(7-5-9-17(13)24(27)28)20(26)23(10-11-29-2)12-18-21-16-8-4-3-6-15(16)19(25)22-18/h3-9H,10-12H2,1-2H3,(H,21,22,25). The van der Waals surface area contributed by atoms with E-state index in [0.29, 0.717) is 16.7 Å². The van der Waals surface area contributed by atoms with Gasteiger partial charge in [-0.3, -0.25) is 19.7 Å². The molecule has 0 radical (unpaired) electrons. The van der Waals surface area contributed by atoms with Gasteiger partial charge in [0.25, 0.3) is 17.2 Å². The summed E-state index contributed by atoms with van der Waals surface area (Å²) in [4.78, 5) is 44.7. The first-order valence-corrected chi connectivity index (χ1v) is 8.92. The Balaban J connectivity index is 1.97. The van der Waals surface area contributed by atoms with Gasteiger partial charge in [0.15, 0.2) is 0 Å². The molecule has 1 N–H and O–H groups in total. The van der Waals surface area contributed by atoms with E-state index in [1.165, 1.54) is 31.1 Å². The number of para-hydroxylation sites is 1. The Morgan fingerprint density at radius 3 is 2.72 bits per heavy atom. The first-order chi connectivity index (χ1) is 13.9. The lowest BCUT2D eigenvalue weighted by atomic mass is 10.1. The van der Waals surface area contributed by atoms with Crippen molar-refractivity contribution < 1.29 is 14.5 Å². The second-order valence-electron chi connectivity index (χ2n) is 6.46. The van der Waals surface area contributed by atoms with Gasteiger partial charge in [0.2, 0.25) is 0 Å². The van der Waals surface area contributed by atoms with Crippen molar-refractivity contribution in [1.82, 2.24) is 14.9 Å². The number of nitro benzene ring substituents is 1. The number of nitrogens with one attached hydrogen (secondary N) is 1. The van der Waals surface area contributed by atoms with Crippen LogP contribution in [0.1, 0.15) is 21.7 Å². The number of benzene rings is 2. The molecule has 29 heavy (non-hydrogen) atoms. The number of hydrogen-bond donors (Lipinski definition) is 1. The van der Waals surface area contributed by atoms with Crippen LogP contribution in [0.25, 0.3) is 10.9 Å². The molecule has 0 spiro atoms. The topological polar surface area (TPSA) is 118 Å². The second-order valence-corrected chi connectivity index (χ2v) is 6.46. The molecule has 150 valence electrons. The molecule has 3 rings (SSSR count). The summed E-state index contributed by atoms with van der Waals surface area (Å²) < 4.78 is 5.09. The zero-order chi connectivity index (χ0) is 21.0. The third-order valence-electron chi connectivity index (χ3n) is 4.59. The molecule has 0 fully saturated rings. The number of nitrogens with zero attached hydrogens (tertiary/aromatic N) is 3. The molecule has 0 aliphatic rings. The number of amides is 1. The number of ether oxygens (including phenoxy) is 1. The van der Waals surface area contributed by atoms with E-state index in [4.69, 9.17) is 4.74 Å². The van der Waals surface area contributed by atoms with Crippen LogP contribution < -0.4 is 5.56 Å². The Morgan fingerprint density at radius 1 is 1.24 bits per heavy atom. The number of hydrogen-bond acceptors (Lipinski definition) is 6. The summed E-state index contributed by atoms with van der Waals surface area (Å²) in [6, 6.07) is 11.3. The van der Waals surface area contributed by atoms with Crippen LogP contribution >= 0.6 is 0 Å². The van der Waals surface area contributed by atoms with Crippen LogP contribution in [0.3, 0.4) is 0 Å². The van der Waals surface area contributed by atoms with Crippen LogP contribution in [0.5, 0.6) is 0 Å². The molecule has 0 atom stereocenters. The number of carbonyl (C=O) groups excluding carboxylic acids is 1. The van der Waals surface area contributed by atoms with E-state index in [-0.39, 0.29) is 42.1 Å². The second kappa shape index (κ2) is 8.61. The molecule has 9 heteroatoms. The van der Waals surface area contributed by atoms with Crippen molar-refractivity contribution in [3.63, 3.8) is 0 Å². The van der Waals surface area contributed by atoms with Gasteiger partial charge < -0.3 is 14.6 Å². The summed E-state index contributed by atoms with van der Waals surface area (Å²) in [6.07, 6.45) is 0. The van der Waals surface area contributed by atoms with Crippen molar-refractivity contribution in [2.75, 3.05) is 20.3 Å². The Hall–Kier alpha value is -3.59. The maximum atomic E-state index is 13.1. The molecule has 1 heterocycles. The third-order valence-corrected chi connectivity index (χ3v) is 4.59. The van der Waals surface area contributed by atoms with Crippen molar-refractivity contribution in [2.24, 2.45) is 0 Å². The minimum Gasteiger partial charge on any atom is -0.383 e. The molecule has 2 aromatic carbocycles. The van der Waals surface area contributed by atoms with Gasteiger partial charge in [0.05, 0.1) is 29.0 Å². The Bertz CT molecular complexity index is 1130. The van der Waals surface area contributed by atoms with E-state index in [1.807, 2.05) is 0 Å². The zero-order valence-electron chi connectivity index (χ0n) is 16.0. The molecule has 0 unspecified atom stereocenters. The summed E-state index contributed by atoms with van der Waals surface area (Å²) >= 11 is 0. The van der Waals surface area contributed by atoms with Crippen molar-refractivity contribution >= 4 is 22.5 Å². The van der Waals surface area contributed by atoms with Crippen molar-refractivity contribution in [3.05, 3.63) is 79.9 Å². The number of aromatic amines is 1. The van der Waals surface area contributed by atoms with Gasteiger partial charge in [-0.25, -0.2) is 4.98 Å². The van der Waals surface area contributed by atoms with E-state index in [0.717, 1.165) is 0 Å². The van der Waals surface area contributed by atoms with Crippen molar-refractivity contribution in [3.8, 4) is 0 Å². The first kappa shape index (κ1) is 20.2. The van der Waals surface area contributed by atoms with Gasteiger partial charge in [0.1, 0.15) is 5.82 Å². The normalized spacial score (nSPS) is 10.8. The van der Waals surface area contributed by atoms with Crippen LogP contribution in [0.15, 0.2) is 47.3 Å². The lowest BCUT2D eigenvalue weighted by molar-refractivity contribution is -0.385. The van der Waals surface area contributed by atoms with Crippen LogP contribution in [-0.2, 0) is 11.3 Å². The SMILES string of the molecule is COCCN(Cc1nc2ccccc2c(=O)[nH]1)C(=O)c1cccc([N+](=O)[O-])c1C. The molecule has 3 aromatic rings. The van der Waals surface area contributed by atoms with E-state index in [1.54, 1.807) is 30.3 Å². The van der Waals surface area contributed by atoms with Crippen LogP contribution in [0, 0.1) is 17.0 Å². The minimum atomic E-state index is -0.520. The molecule has 1 amide bonds. The van der Waals surface area contributed by atoms with Crippen molar-refractivity contribution in [1.29, 1.82) is 0 Å². The average Bonchev–Trinajstić information content (AvgIpc) is 2.70. The Kier molecular flexibility index (Phi) is 5.99. The quantitative estimate of drug-likeness (QED) is 0.484. The van der Waals surface area contributed by atoms with Gasteiger partial charge in [-0.05, 0) is 25.1 Å². The van der Waals surface area contributed by atoms with Gasteiger partial charge >= 0.3 is 0 Å². The van der Waals surface area contributed by atoms with Gasteiger partial charge in [0, 0.05) is 30.8 Å². The number of aromatic nitrogens is 2. The third kappa shape index (κ3) is 4.30. The summed E-state index contributed by atoms with van der Waals surface area (Å²) in [6.45, 7) is 2.06. The summed E-state index contributed by atoms with van der Waals surface area (Å²) in [7, 11) is 1.51. The number of carbonyl (C=O) groups is 1. The number of fused-ring (bicyclic) bond motifs is 1. The number of nitro groups is 1. The molecule has 1 aromatic heterocycles. The van der Waals surface area contributed by atoms with Crippen LogP contribution in [-0.4, -0.2) is 46.0 Å². The molecule has 9 nitrogen and oxygen atoms in total. The fourth-order valence-electron chi connectivity index (χ4n) is 3.07. The Morgan fingerprint density at radius 2 is 2.00 bits per heavy atom. The molecule has 0 aliphatic carbocycles. The van der Waals surface area contributed by atoms with Crippen LogP contribution in [0.2, 0.25) is 0 Å². The van der Waals surface area contributed by atoms with E-state index < -0.39 is 10.8 Å². The summed E-state index contributed by atoms with van der Waals surface area (Å²) in [5.41, 5.74) is 0.608. The highest BCUT2D eigenvalue weighted by Crippen LogP contribution is 2.22. The Labute approximate surface area is 166 Å². The molecule has 0 bridgehead atoms. The fraction of sp³-hybridized carbons (Fsp3) is 0.250. The van der Waals surface area contributed by atoms with Gasteiger partial charge in [-0.1, -0.05) is 18.2 Å². The van der Waals surface area contributed by atoms with E-state index in [2.05, 4.69) is 9.97 Å². The monoisotopic (exact) mass is 396 g/mol. The smallest absolute Gasteiger partial charge is 0.273 e. The predicted molar refractivity (Wildman–Crippen MR) is 107 cm³/mol. The lowest BCUT2D eigenvalue weighted by Gasteiger charge is -2.23. The van der Waals surface area contributed by atoms with Gasteiger partial charge in [-0.2, -0.15) is 0 Å². The predicted octanol–water partition coefficient (Wildman–Crippen LogP) is 2.43. The fourth-order valence-corrected chi connectivity index (χ4v) is 3.07. The largest absolute Gasteiger partial charge is 0.383 e. The number of methoxy groups -OCH3 is 1. The summed E-state index contributed by atoms with van der Waals surface area (Å²) in [5, 5.41) is 11.7. The number of rotatable bonds is 7. The van der Waals surface area contributed by atoms with Crippen LogP contribution in [0.4, 0.5) is 5.69 Å². The molecule has 0 aliphatic heterocycles. The first-order valence-electron chi connectivity index (χ1n) is 8.92. The number of H-pyrrole nitrogens is 1. The molecular weight excluding hydrogens is 376 g/mol. The lowest BCUT2D eigenvalue weighted by Crippen LogP contribution is -2.35. The zero-order valence-corrected chi connectivity index (χ0v) is 16.0. The molecule has 0 saturated heterocycles. The molecule has 0 saturated carbocycles. The average molecular weight is 396 g/mol. The van der Waals surface area contributed by atoms with E-state index in [9.17, 15) is 19.7 Å². The highest BCUT2D eigenvalue weighted by Gasteiger charge is 2.23. The van der Waals surface area contributed by atoms with Crippen molar-refractivity contribution in [2.45, 2.75) is 13.5 Å². The maximum Gasteiger partial charge on any atom is 0.273 e. The molecular formula is C20H20N4O5.